The number of nitrogens with one attached hydrogen (secondary N) is 1. The monoisotopic (exact) mass is 408 g/mol. The Morgan fingerprint density at radius 2 is 1.79 bits per heavy atom. The lowest BCUT2D eigenvalue weighted by Gasteiger charge is -2.32. The highest BCUT2D eigenvalue weighted by atomic mass is 32.2. The molecule has 1 saturated heterocycles. The van der Waals surface area contributed by atoms with E-state index in [0.717, 1.165) is 23.9 Å². The van der Waals surface area contributed by atoms with Gasteiger partial charge >= 0.3 is 7.12 Å². The first-order valence-corrected chi connectivity index (χ1v) is 11.1. The van der Waals surface area contributed by atoms with Crippen molar-refractivity contribution in [3.8, 4) is 0 Å². The molecule has 1 aromatic rings. The van der Waals surface area contributed by atoms with Crippen molar-refractivity contribution in [3.05, 3.63) is 28.2 Å². The molecule has 1 saturated carbocycles. The van der Waals surface area contributed by atoms with Crippen LogP contribution in [0.3, 0.4) is 0 Å². The number of nitrogens with zero attached hydrogens (tertiary/aromatic N) is 1. The topological polar surface area (TPSA) is 75.6 Å². The van der Waals surface area contributed by atoms with E-state index in [0.29, 0.717) is 5.92 Å². The van der Waals surface area contributed by atoms with E-state index >= 15 is 0 Å². The highest BCUT2D eigenvalue weighted by molar-refractivity contribution is 7.90. The van der Waals surface area contributed by atoms with Crippen LogP contribution in [0.25, 0.3) is 0 Å². The van der Waals surface area contributed by atoms with E-state index in [2.05, 4.69) is 4.72 Å². The average molecular weight is 408 g/mol. The maximum Gasteiger partial charge on any atom is 0.496 e. The van der Waals surface area contributed by atoms with E-state index < -0.39 is 34.4 Å². The molecule has 1 aliphatic heterocycles. The lowest BCUT2D eigenvalue weighted by Crippen LogP contribution is -2.46. The molecular weight excluding hydrogens is 375 g/mol. The van der Waals surface area contributed by atoms with Crippen molar-refractivity contribution >= 4 is 23.9 Å². The Hall–Kier alpha value is -0.795. The van der Waals surface area contributed by atoms with Crippen LogP contribution in [0.2, 0.25) is 0 Å². The van der Waals surface area contributed by atoms with Gasteiger partial charge in [0, 0.05) is 36.1 Å². The Balaban J connectivity index is 2.03. The number of hydrogen-bond donors (Lipinski definition) is 1. The van der Waals surface area contributed by atoms with Gasteiger partial charge in [-0.3, -0.25) is 4.79 Å². The summed E-state index contributed by atoms with van der Waals surface area (Å²) in [5.41, 5.74) is 0.628. The van der Waals surface area contributed by atoms with E-state index in [1.165, 1.54) is 0 Å². The van der Waals surface area contributed by atoms with E-state index in [-0.39, 0.29) is 11.6 Å². The van der Waals surface area contributed by atoms with Gasteiger partial charge in [-0.25, -0.2) is 0 Å². The van der Waals surface area contributed by atoms with Gasteiger partial charge in [-0.05, 0) is 72.8 Å². The molecule has 1 N–H and O–H groups in total. The van der Waals surface area contributed by atoms with Gasteiger partial charge in [-0.15, -0.1) is 4.72 Å². The van der Waals surface area contributed by atoms with Gasteiger partial charge in [0.05, 0.1) is 17.2 Å². The van der Waals surface area contributed by atoms with Crippen LogP contribution >= 0.6 is 0 Å². The van der Waals surface area contributed by atoms with Crippen LogP contribution < -0.4 is 15.7 Å². The van der Waals surface area contributed by atoms with Gasteiger partial charge in [-0.1, -0.05) is 0 Å². The Kier molecular flexibility index (Phi) is 5.60. The number of pyridine rings is 1. The first-order chi connectivity index (χ1) is 12.7. The largest absolute Gasteiger partial charge is 0.598 e. The molecule has 8 heteroatoms. The lowest BCUT2D eigenvalue weighted by molar-refractivity contribution is 0.00578. The van der Waals surface area contributed by atoms with Crippen LogP contribution in [-0.4, -0.2) is 32.2 Å². The fourth-order valence-corrected chi connectivity index (χ4v) is 4.14. The second-order valence-corrected chi connectivity index (χ2v) is 12.0. The highest BCUT2D eigenvalue weighted by Crippen LogP contribution is 2.42. The zero-order chi connectivity index (χ0) is 21.1. The Morgan fingerprint density at radius 3 is 2.25 bits per heavy atom. The van der Waals surface area contributed by atoms with E-state index in [1.54, 1.807) is 23.9 Å². The van der Waals surface area contributed by atoms with Crippen molar-refractivity contribution in [1.82, 2.24) is 9.29 Å². The zero-order valence-electron chi connectivity index (χ0n) is 18.3. The SMILES string of the molecule is Cn1cc(B2OC(C)(C)C(C)(C)O2)c(C(N[S@@+]([O-])C(C)(C)C)C2CC2)cc1=O. The van der Waals surface area contributed by atoms with Crippen LogP contribution in [0.15, 0.2) is 17.1 Å². The van der Waals surface area contributed by atoms with Gasteiger partial charge < -0.3 is 18.4 Å². The molecule has 6 nitrogen and oxygen atoms in total. The van der Waals surface area contributed by atoms with Gasteiger partial charge in [0.1, 0.15) is 4.75 Å². The van der Waals surface area contributed by atoms with Gasteiger partial charge in [0.2, 0.25) is 0 Å². The Bertz CT molecular complexity index is 782. The molecule has 0 spiro atoms. The fraction of sp³-hybridized carbons (Fsp3) is 0.750. The zero-order valence-corrected chi connectivity index (χ0v) is 19.1. The molecule has 1 unspecified atom stereocenters. The second-order valence-electron chi connectivity index (χ2n) is 10.0. The molecule has 1 aromatic heterocycles. The molecule has 0 radical (unpaired) electrons. The van der Waals surface area contributed by atoms with E-state index in [4.69, 9.17) is 9.31 Å². The smallest absolute Gasteiger partial charge is 0.496 e. The van der Waals surface area contributed by atoms with Crippen molar-refractivity contribution < 1.29 is 13.9 Å². The summed E-state index contributed by atoms with van der Waals surface area (Å²) in [6.45, 7) is 13.9. The molecule has 2 aliphatic rings. The number of hydrogen-bond acceptors (Lipinski definition) is 5. The summed E-state index contributed by atoms with van der Waals surface area (Å²) < 4.78 is 29.8. The molecule has 1 aliphatic carbocycles. The molecule has 0 bridgehead atoms. The van der Waals surface area contributed by atoms with Crippen LogP contribution in [0.4, 0.5) is 0 Å². The number of aromatic nitrogens is 1. The van der Waals surface area contributed by atoms with Crippen molar-refractivity contribution in [1.29, 1.82) is 0 Å². The summed E-state index contributed by atoms with van der Waals surface area (Å²) in [5, 5.41) is 0. The third kappa shape index (κ3) is 4.21. The molecule has 0 amide bonds. The summed E-state index contributed by atoms with van der Waals surface area (Å²) >= 11 is -1.24. The predicted molar refractivity (Wildman–Crippen MR) is 114 cm³/mol. The minimum absolute atomic E-state index is 0.0933. The molecular formula is C20H33BN2O4S. The standard InChI is InChI=1S/C20H33BN2O4S/c1-18(2,3)28(25)22-17(13-9-10-13)14-11-16(24)23(8)12-15(14)21-26-19(4,5)20(6,7)27-21/h11-13,17,22H,9-10H2,1-8H3/t17?,28-/m0/s1. The van der Waals surface area contributed by atoms with E-state index in [1.807, 2.05) is 48.5 Å². The highest BCUT2D eigenvalue weighted by Gasteiger charge is 2.53. The summed E-state index contributed by atoms with van der Waals surface area (Å²) in [4.78, 5) is 12.5. The van der Waals surface area contributed by atoms with E-state index in [9.17, 15) is 9.35 Å². The van der Waals surface area contributed by atoms with Crippen molar-refractivity contribution in [2.24, 2.45) is 13.0 Å². The number of rotatable bonds is 5. The van der Waals surface area contributed by atoms with Gasteiger partial charge in [0.15, 0.2) is 0 Å². The van der Waals surface area contributed by atoms with Crippen molar-refractivity contribution in [2.75, 3.05) is 0 Å². The van der Waals surface area contributed by atoms with Crippen molar-refractivity contribution in [3.63, 3.8) is 0 Å². The third-order valence-corrected chi connectivity index (χ3v) is 7.60. The predicted octanol–water partition coefficient (Wildman–Crippen LogP) is 2.19. The number of aryl methyl sites for hydroxylation is 1. The van der Waals surface area contributed by atoms with Crippen LogP contribution in [0.1, 0.15) is 72.9 Å². The quantitative estimate of drug-likeness (QED) is 0.597. The lowest BCUT2D eigenvalue weighted by atomic mass is 9.75. The Morgan fingerprint density at radius 1 is 1.25 bits per heavy atom. The first kappa shape index (κ1) is 21.9. The summed E-state index contributed by atoms with van der Waals surface area (Å²) in [6.07, 6.45) is 3.91. The molecule has 28 heavy (non-hydrogen) atoms. The summed E-state index contributed by atoms with van der Waals surface area (Å²) in [6, 6.07) is 1.49. The minimum Gasteiger partial charge on any atom is -0.598 e. The minimum atomic E-state index is -1.24. The van der Waals surface area contributed by atoms with Crippen molar-refractivity contribution in [2.45, 2.75) is 83.3 Å². The van der Waals surface area contributed by atoms with Crippen LogP contribution in [-0.2, 0) is 27.7 Å². The first-order valence-electron chi connectivity index (χ1n) is 9.97. The Labute approximate surface area is 171 Å². The van der Waals surface area contributed by atoms with Gasteiger partial charge in [0.25, 0.3) is 5.56 Å². The summed E-state index contributed by atoms with van der Waals surface area (Å²) in [7, 11) is 1.16. The summed E-state index contributed by atoms with van der Waals surface area (Å²) in [5.74, 6) is 0.361. The molecule has 156 valence electrons. The average Bonchev–Trinajstić information content (AvgIpc) is 3.34. The molecule has 2 fully saturated rings. The molecule has 2 heterocycles. The van der Waals surface area contributed by atoms with Crippen LogP contribution in [0.5, 0.6) is 0 Å². The third-order valence-electron chi connectivity index (χ3n) is 6.02. The molecule has 3 rings (SSSR count). The second kappa shape index (κ2) is 7.16. The molecule has 0 aromatic carbocycles. The molecule has 2 atom stereocenters. The maximum atomic E-state index is 12.8. The normalized spacial score (nSPS) is 23.7. The fourth-order valence-electron chi connectivity index (χ4n) is 3.24. The van der Waals surface area contributed by atoms with Crippen LogP contribution in [0, 0.1) is 5.92 Å². The maximum absolute atomic E-state index is 12.8. The van der Waals surface area contributed by atoms with Gasteiger partial charge in [-0.2, -0.15) is 0 Å².